The van der Waals surface area contributed by atoms with Crippen molar-refractivity contribution in [1.29, 1.82) is 0 Å². The molecule has 0 saturated heterocycles. The number of nitrogens with zero attached hydrogens (tertiary/aromatic N) is 2. The molecule has 1 aromatic carbocycles. The van der Waals surface area contributed by atoms with E-state index in [0.29, 0.717) is 10.7 Å². The van der Waals surface area contributed by atoms with E-state index in [1.54, 1.807) is 0 Å². The van der Waals surface area contributed by atoms with Gasteiger partial charge >= 0.3 is 5.97 Å². The van der Waals surface area contributed by atoms with Crippen molar-refractivity contribution in [2.75, 3.05) is 5.75 Å². The molecule has 9 heteroatoms. The summed E-state index contributed by atoms with van der Waals surface area (Å²) in [4.78, 5) is 10.6. The Kier molecular flexibility index (Phi) is 5.08. The van der Waals surface area contributed by atoms with Gasteiger partial charge in [0, 0.05) is 5.02 Å². The van der Waals surface area contributed by atoms with Gasteiger partial charge in [-0.1, -0.05) is 35.0 Å². The first-order valence-corrected chi connectivity index (χ1v) is 7.30. The lowest BCUT2D eigenvalue weighted by molar-refractivity contribution is -0.133. The van der Waals surface area contributed by atoms with Crippen molar-refractivity contribution in [3.05, 3.63) is 40.0 Å². The Bertz CT molecular complexity index is 679. The standard InChI is InChI=1S/C12H8Cl2F2N2O2S/c13-6-1-2-9(7(14)3-6)18-10(21-5-11(19)20)4-8(17-18)12(15)16/h1-4,12H,5H2,(H,19,20). The summed E-state index contributed by atoms with van der Waals surface area (Å²) in [6, 6.07) is 5.66. The molecular weight excluding hydrogens is 345 g/mol. The molecule has 21 heavy (non-hydrogen) atoms. The van der Waals surface area contributed by atoms with Crippen molar-refractivity contribution >= 4 is 40.9 Å². The topological polar surface area (TPSA) is 55.1 Å². The van der Waals surface area contributed by atoms with E-state index in [9.17, 15) is 13.6 Å². The van der Waals surface area contributed by atoms with Gasteiger partial charge in [-0.05, 0) is 24.3 Å². The molecule has 1 N–H and O–H groups in total. The number of hydrogen-bond donors (Lipinski definition) is 1. The minimum absolute atomic E-state index is 0.226. The second-order valence-corrected chi connectivity index (χ2v) is 5.74. The van der Waals surface area contributed by atoms with E-state index in [1.165, 1.54) is 22.9 Å². The van der Waals surface area contributed by atoms with Crippen LogP contribution in [0.5, 0.6) is 0 Å². The minimum atomic E-state index is -2.76. The van der Waals surface area contributed by atoms with Crippen molar-refractivity contribution in [3.8, 4) is 5.69 Å². The van der Waals surface area contributed by atoms with Crippen LogP contribution in [0, 0.1) is 0 Å². The number of aromatic nitrogens is 2. The zero-order valence-corrected chi connectivity index (χ0v) is 12.6. The summed E-state index contributed by atoms with van der Waals surface area (Å²) in [5.74, 6) is -1.34. The molecule has 0 bridgehead atoms. The van der Waals surface area contributed by atoms with Crippen LogP contribution in [-0.4, -0.2) is 26.6 Å². The van der Waals surface area contributed by atoms with Crippen LogP contribution in [0.25, 0.3) is 5.69 Å². The molecule has 2 rings (SSSR count). The number of carboxylic acids is 1. The Hall–Kier alpha value is -1.31. The lowest BCUT2D eigenvalue weighted by Gasteiger charge is -2.08. The monoisotopic (exact) mass is 352 g/mol. The Balaban J connectivity index is 2.46. The summed E-state index contributed by atoms with van der Waals surface area (Å²) < 4.78 is 26.8. The van der Waals surface area contributed by atoms with Gasteiger partial charge in [-0.3, -0.25) is 4.79 Å². The number of aliphatic carboxylic acids is 1. The highest BCUT2D eigenvalue weighted by molar-refractivity contribution is 7.99. The molecule has 112 valence electrons. The van der Waals surface area contributed by atoms with E-state index in [0.717, 1.165) is 17.8 Å². The Labute approximate surface area is 132 Å². The third-order valence-corrected chi connectivity index (χ3v) is 3.92. The largest absolute Gasteiger partial charge is 0.481 e. The minimum Gasteiger partial charge on any atom is -0.481 e. The van der Waals surface area contributed by atoms with Gasteiger partial charge in [0.2, 0.25) is 0 Å². The number of carbonyl (C=O) groups is 1. The van der Waals surface area contributed by atoms with Crippen molar-refractivity contribution in [2.45, 2.75) is 11.5 Å². The third-order valence-electron chi connectivity index (χ3n) is 2.40. The lowest BCUT2D eigenvalue weighted by atomic mass is 10.3. The zero-order chi connectivity index (χ0) is 15.6. The summed E-state index contributed by atoms with van der Waals surface area (Å²) in [6.45, 7) is 0. The van der Waals surface area contributed by atoms with Crippen LogP contribution >= 0.6 is 35.0 Å². The summed E-state index contributed by atoms with van der Waals surface area (Å²) in [5.41, 5.74) is -0.102. The molecule has 0 saturated carbocycles. The van der Waals surface area contributed by atoms with Gasteiger partial charge in [-0.2, -0.15) is 5.10 Å². The number of alkyl halides is 2. The molecule has 0 unspecified atom stereocenters. The van der Waals surface area contributed by atoms with E-state index in [-0.39, 0.29) is 15.8 Å². The maximum atomic E-state index is 12.8. The predicted octanol–water partition coefficient (Wildman–Crippen LogP) is 4.29. The first-order chi connectivity index (χ1) is 9.88. The average molecular weight is 353 g/mol. The van der Waals surface area contributed by atoms with Gasteiger partial charge in [-0.15, -0.1) is 0 Å². The number of carboxylic acid groups (broad SMARTS) is 1. The van der Waals surface area contributed by atoms with Crippen LogP contribution in [0.4, 0.5) is 8.78 Å². The van der Waals surface area contributed by atoms with Crippen LogP contribution in [0.2, 0.25) is 10.0 Å². The van der Waals surface area contributed by atoms with Gasteiger partial charge in [0.1, 0.15) is 10.7 Å². The van der Waals surface area contributed by atoms with Crippen LogP contribution in [0.1, 0.15) is 12.1 Å². The molecule has 0 aliphatic heterocycles. The van der Waals surface area contributed by atoms with Crippen LogP contribution in [0.15, 0.2) is 29.3 Å². The molecule has 0 atom stereocenters. The third kappa shape index (κ3) is 3.87. The summed E-state index contributed by atoms with van der Waals surface area (Å²) in [5, 5.41) is 13.4. The number of hydrogen-bond acceptors (Lipinski definition) is 3. The highest BCUT2D eigenvalue weighted by atomic mass is 35.5. The van der Waals surface area contributed by atoms with Crippen molar-refractivity contribution in [2.24, 2.45) is 0 Å². The summed E-state index contributed by atoms with van der Waals surface area (Å²) >= 11 is 12.7. The van der Waals surface area contributed by atoms with Gasteiger partial charge in [-0.25, -0.2) is 13.5 Å². The number of thioether (sulfide) groups is 1. The summed E-state index contributed by atoms with van der Waals surface area (Å²) in [7, 11) is 0. The van der Waals surface area contributed by atoms with Gasteiger partial charge in [0.15, 0.2) is 0 Å². The fraction of sp³-hybridized carbons (Fsp3) is 0.167. The molecule has 0 amide bonds. The van der Waals surface area contributed by atoms with Crippen molar-refractivity contribution < 1.29 is 18.7 Å². The van der Waals surface area contributed by atoms with E-state index < -0.39 is 18.1 Å². The highest BCUT2D eigenvalue weighted by Gasteiger charge is 2.19. The first-order valence-electron chi connectivity index (χ1n) is 5.56. The molecular formula is C12H8Cl2F2N2O2S. The molecule has 1 aromatic heterocycles. The number of rotatable bonds is 5. The SMILES string of the molecule is O=C(O)CSc1cc(C(F)F)nn1-c1ccc(Cl)cc1Cl. The Morgan fingerprint density at radius 2 is 2.10 bits per heavy atom. The predicted molar refractivity (Wildman–Crippen MR) is 76.9 cm³/mol. The Morgan fingerprint density at radius 1 is 1.38 bits per heavy atom. The van der Waals surface area contributed by atoms with Gasteiger partial charge < -0.3 is 5.11 Å². The van der Waals surface area contributed by atoms with Crippen LogP contribution in [0.3, 0.4) is 0 Å². The quantitative estimate of drug-likeness (QED) is 0.815. The fourth-order valence-corrected chi connectivity index (χ4v) is 2.78. The molecule has 0 fully saturated rings. The molecule has 4 nitrogen and oxygen atoms in total. The maximum absolute atomic E-state index is 12.8. The fourth-order valence-electron chi connectivity index (χ4n) is 1.55. The van der Waals surface area contributed by atoms with E-state index >= 15 is 0 Å². The molecule has 1 heterocycles. The van der Waals surface area contributed by atoms with E-state index in [1.807, 2.05) is 0 Å². The average Bonchev–Trinajstić information content (AvgIpc) is 2.80. The molecule has 0 spiro atoms. The number of halogens is 4. The zero-order valence-electron chi connectivity index (χ0n) is 10.3. The first kappa shape index (κ1) is 16.1. The van der Waals surface area contributed by atoms with Crippen LogP contribution < -0.4 is 0 Å². The number of benzene rings is 1. The van der Waals surface area contributed by atoms with Crippen molar-refractivity contribution in [1.82, 2.24) is 9.78 Å². The lowest BCUT2D eigenvalue weighted by Crippen LogP contribution is -2.03. The normalized spacial score (nSPS) is 11.1. The van der Waals surface area contributed by atoms with E-state index in [2.05, 4.69) is 5.10 Å². The summed E-state index contributed by atoms with van der Waals surface area (Å²) in [6.07, 6.45) is -2.76. The van der Waals surface area contributed by atoms with Gasteiger partial charge in [0.05, 0.1) is 16.5 Å². The molecule has 0 aliphatic carbocycles. The highest BCUT2D eigenvalue weighted by Crippen LogP contribution is 2.31. The van der Waals surface area contributed by atoms with Crippen molar-refractivity contribution in [3.63, 3.8) is 0 Å². The molecule has 2 aromatic rings. The maximum Gasteiger partial charge on any atom is 0.313 e. The van der Waals surface area contributed by atoms with Crippen LogP contribution in [-0.2, 0) is 4.79 Å². The smallest absolute Gasteiger partial charge is 0.313 e. The Morgan fingerprint density at radius 3 is 2.67 bits per heavy atom. The van der Waals surface area contributed by atoms with Gasteiger partial charge in [0.25, 0.3) is 6.43 Å². The second-order valence-electron chi connectivity index (χ2n) is 3.90. The second kappa shape index (κ2) is 6.64. The molecule has 0 radical (unpaired) electrons. The van der Waals surface area contributed by atoms with E-state index in [4.69, 9.17) is 28.3 Å². The molecule has 0 aliphatic rings.